The van der Waals surface area contributed by atoms with E-state index in [1.165, 1.54) is 30.9 Å². The monoisotopic (exact) mass is 546 g/mol. The zero-order valence-electron chi connectivity index (χ0n) is 20.7. The molecule has 1 aromatic carbocycles. The summed E-state index contributed by atoms with van der Waals surface area (Å²) < 4.78 is 15.9. The Morgan fingerprint density at radius 1 is 1.19 bits per heavy atom. The molecule has 11 heteroatoms. The Morgan fingerprint density at radius 2 is 1.97 bits per heavy atom. The predicted molar refractivity (Wildman–Crippen MR) is 146 cm³/mol. The Kier molecular flexibility index (Phi) is 7.26. The maximum absolute atomic E-state index is 12.7. The molecule has 8 nitrogen and oxygen atoms in total. The molecule has 3 heterocycles. The van der Waals surface area contributed by atoms with Crippen molar-refractivity contribution in [3.8, 4) is 0 Å². The molecule has 1 aliphatic carbocycles. The summed E-state index contributed by atoms with van der Waals surface area (Å²) >= 11 is 6.84. The maximum Gasteiger partial charge on any atom is 0.260 e. The lowest BCUT2D eigenvalue weighted by Gasteiger charge is -2.44. The number of fused-ring (bicyclic) bond motifs is 1. The molecule has 36 heavy (non-hydrogen) atoms. The Morgan fingerprint density at radius 3 is 2.67 bits per heavy atom. The van der Waals surface area contributed by atoms with Crippen LogP contribution in [0.1, 0.15) is 52.9 Å². The molecule has 2 aromatic heterocycles. The molecular weight excluding hydrogens is 516 g/mol. The van der Waals surface area contributed by atoms with Crippen molar-refractivity contribution < 1.29 is 4.55 Å². The van der Waals surface area contributed by atoms with Gasteiger partial charge in [-0.3, -0.25) is 4.79 Å². The van der Waals surface area contributed by atoms with E-state index in [9.17, 15) is 9.35 Å². The highest BCUT2D eigenvalue weighted by atomic mass is 35.5. The molecule has 192 valence electrons. The van der Waals surface area contributed by atoms with E-state index in [4.69, 9.17) is 11.6 Å². The lowest BCUT2D eigenvalue weighted by molar-refractivity contribution is 0.186. The summed E-state index contributed by atoms with van der Waals surface area (Å²) in [4.78, 5) is 31.2. The number of H-pyrrole nitrogens is 1. The first-order valence-corrected chi connectivity index (χ1v) is 14.6. The summed E-state index contributed by atoms with van der Waals surface area (Å²) in [5.74, 6) is 0.861. The number of anilines is 1. The van der Waals surface area contributed by atoms with Gasteiger partial charge < -0.3 is 14.4 Å². The molecule has 2 N–H and O–H groups in total. The molecule has 2 atom stereocenters. The topological polar surface area (TPSA) is 110 Å². The van der Waals surface area contributed by atoms with Crippen LogP contribution in [-0.4, -0.2) is 48.4 Å². The minimum Gasteiger partial charge on any atom is -0.598 e. The SMILES string of the molecule is CC(C)(C)[S+]([O-])N[C@@H]1CCCC12CCN(c1cnc(Sc3ccc4nc[nH]c(=O)c4c3Cl)cn1)CC2. The first-order chi connectivity index (χ1) is 17.2. The van der Waals surface area contributed by atoms with Gasteiger partial charge in [0.05, 0.1) is 40.7 Å². The van der Waals surface area contributed by atoms with Crippen LogP contribution in [0.5, 0.6) is 0 Å². The van der Waals surface area contributed by atoms with E-state index in [2.05, 4.69) is 29.6 Å². The number of halogens is 1. The Bertz CT molecular complexity index is 1290. The van der Waals surface area contributed by atoms with Crippen LogP contribution in [0.3, 0.4) is 0 Å². The van der Waals surface area contributed by atoms with Gasteiger partial charge in [-0.05, 0) is 64.0 Å². The molecule has 1 aliphatic heterocycles. The van der Waals surface area contributed by atoms with Crippen molar-refractivity contribution in [2.24, 2.45) is 5.41 Å². The fraction of sp³-hybridized carbons (Fsp3) is 0.520. The zero-order chi connectivity index (χ0) is 25.5. The fourth-order valence-electron chi connectivity index (χ4n) is 5.23. The van der Waals surface area contributed by atoms with Gasteiger partial charge in [0.2, 0.25) is 0 Å². The summed E-state index contributed by atoms with van der Waals surface area (Å²) in [6, 6.07) is 3.94. The van der Waals surface area contributed by atoms with Crippen LogP contribution in [0.25, 0.3) is 10.9 Å². The minimum atomic E-state index is -1.05. The van der Waals surface area contributed by atoms with Crippen LogP contribution >= 0.6 is 23.4 Å². The first kappa shape index (κ1) is 25.8. The van der Waals surface area contributed by atoms with Gasteiger partial charge in [-0.2, -0.15) is 0 Å². The van der Waals surface area contributed by atoms with Gasteiger partial charge in [0, 0.05) is 29.3 Å². The third kappa shape index (κ3) is 5.11. The molecule has 1 saturated heterocycles. The van der Waals surface area contributed by atoms with Crippen molar-refractivity contribution in [2.45, 2.75) is 73.6 Å². The molecule has 1 spiro atoms. The second kappa shape index (κ2) is 10.1. The summed E-state index contributed by atoms with van der Waals surface area (Å²) in [6.45, 7) is 7.88. The summed E-state index contributed by atoms with van der Waals surface area (Å²) in [5.41, 5.74) is 0.503. The lowest BCUT2D eigenvalue weighted by Crippen LogP contribution is -2.53. The third-order valence-corrected chi connectivity index (χ3v) is 10.4. The summed E-state index contributed by atoms with van der Waals surface area (Å²) in [5, 5.41) is 1.45. The third-order valence-electron chi connectivity index (χ3n) is 7.34. The average Bonchev–Trinajstić information content (AvgIpc) is 3.22. The minimum absolute atomic E-state index is 0.208. The molecule has 1 unspecified atom stereocenters. The van der Waals surface area contributed by atoms with Crippen LogP contribution in [0.15, 0.2) is 45.6 Å². The van der Waals surface area contributed by atoms with Gasteiger partial charge in [0.15, 0.2) is 0 Å². The van der Waals surface area contributed by atoms with Crippen molar-refractivity contribution in [3.63, 3.8) is 0 Å². The van der Waals surface area contributed by atoms with E-state index >= 15 is 0 Å². The number of hydrogen-bond donors (Lipinski definition) is 2. The Labute approximate surface area is 223 Å². The van der Waals surface area contributed by atoms with Gasteiger partial charge in [-0.1, -0.05) is 29.8 Å². The molecule has 1 saturated carbocycles. The van der Waals surface area contributed by atoms with Crippen LogP contribution < -0.4 is 15.2 Å². The highest BCUT2D eigenvalue weighted by molar-refractivity contribution is 7.99. The number of piperidine rings is 1. The van der Waals surface area contributed by atoms with Crippen molar-refractivity contribution in [3.05, 3.63) is 46.2 Å². The Balaban J connectivity index is 1.24. The molecule has 0 bridgehead atoms. The normalized spacial score (nSPS) is 20.8. The molecule has 3 aromatic rings. The largest absolute Gasteiger partial charge is 0.598 e. The number of hydrogen-bond acceptors (Lipinski definition) is 8. The number of aromatic amines is 1. The molecule has 2 fully saturated rings. The van der Waals surface area contributed by atoms with E-state index < -0.39 is 11.4 Å². The number of nitrogens with one attached hydrogen (secondary N) is 2. The number of benzene rings is 1. The van der Waals surface area contributed by atoms with Gasteiger partial charge in [0.25, 0.3) is 5.56 Å². The standard InChI is InChI=1S/C25H31ClN6O2S2/c1-24(2,3)36(34)31-18-5-4-8-25(18)9-11-32(12-10-25)19-13-28-20(14-27-19)35-17-7-6-16-21(22(17)26)23(33)30-15-29-16/h6-7,13-15,18,31H,4-5,8-12H2,1-3H3,(H,29,30,33)/t18-,36?/m1/s1. The predicted octanol–water partition coefficient (Wildman–Crippen LogP) is 4.71. The van der Waals surface area contributed by atoms with Crippen LogP contribution in [0, 0.1) is 5.41 Å². The molecule has 0 amide bonds. The molecule has 5 rings (SSSR count). The molecule has 0 radical (unpaired) electrons. The number of aromatic nitrogens is 4. The van der Waals surface area contributed by atoms with Crippen molar-refractivity contribution in [1.82, 2.24) is 24.7 Å². The summed E-state index contributed by atoms with van der Waals surface area (Å²) in [7, 11) is 0. The Hall–Kier alpha value is -1.85. The molecule has 2 aliphatic rings. The second-order valence-corrected chi connectivity index (χ2v) is 14.0. The number of nitrogens with zero attached hydrogens (tertiary/aromatic N) is 4. The lowest BCUT2D eigenvalue weighted by atomic mass is 9.74. The van der Waals surface area contributed by atoms with Crippen molar-refractivity contribution in [1.29, 1.82) is 0 Å². The van der Waals surface area contributed by atoms with E-state index in [0.29, 0.717) is 27.0 Å². The van der Waals surface area contributed by atoms with Gasteiger partial charge >= 0.3 is 0 Å². The smallest absolute Gasteiger partial charge is 0.260 e. The first-order valence-electron chi connectivity index (χ1n) is 12.3. The van der Waals surface area contributed by atoms with E-state index in [1.54, 1.807) is 12.3 Å². The van der Waals surface area contributed by atoms with Crippen molar-refractivity contribution in [2.75, 3.05) is 18.0 Å². The highest BCUT2D eigenvalue weighted by Crippen LogP contribution is 2.47. The van der Waals surface area contributed by atoms with Crippen LogP contribution in [0.2, 0.25) is 5.02 Å². The zero-order valence-corrected chi connectivity index (χ0v) is 23.1. The average molecular weight is 547 g/mol. The van der Waals surface area contributed by atoms with E-state index in [1.807, 2.05) is 33.0 Å². The molecular formula is C25H31ClN6O2S2. The van der Waals surface area contributed by atoms with Gasteiger partial charge in [-0.25, -0.2) is 15.0 Å². The van der Waals surface area contributed by atoms with Crippen LogP contribution in [-0.2, 0) is 11.4 Å². The quantitative estimate of drug-likeness (QED) is 0.443. The van der Waals surface area contributed by atoms with Crippen LogP contribution in [0.4, 0.5) is 5.82 Å². The van der Waals surface area contributed by atoms with Crippen molar-refractivity contribution >= 4 is 51.4 Å². The van der Waals surface area contributed by atoms with E-state index in [-0.39, 0.29) is 15.7 Å². The van der Waals surface area contributed by atoms with Gasteiger partial charge in [-0.15, -0.1) is 4.72 Å². The van der Waals surface area contributed by atoms with E-state index in [0.717, 1.165) is 43.1 Å². The van der Waals surface area contributed by atoms with Gasteiger partial charge in [0.1, 0.15) is 15.6 Å². The maximum atomic E-state index is 12.7. The summed E-state index contributed by atoms with van der Waals surface area (Å²) in [6.07, 6.45) is 10.5. The second-order valence-electron chi connectivity index (χ2n) is 10.6. The number of rotatable bonds is 5. The fourth-order valence-corrected chi connectivity index (χ4v) is 7.33. The highest BCUT2D eigenvalue weighted by Gasteiger charge is 2.47.